The molecule has 3 aromatic rings. The molecule has 1 saturated carbocycles. The lowest BCUT2D eigenvalue weighted by molar-refractivity contribution is -0.145. The minimum atomic E-state index is -0.779. The van der Waals surface area contributed by atoms with Gasteiger partial charge in [-0.15, -0.1) is 37.2 Å². The molecule has 2 fully saturated rings. The highest BCUT2D eigenvalue weighted by Crippen LogP contribution is 2.43. The van der Waals surface area contributed by atoms with Gasteiger partial charge in [-0.1, -0.05) is 61.5 Å². The molecule has 1 aromatic heterocycles. The van der Waals surface area contributed by atoms with E-state index in [1.807, 2.05) is 50.1 Å². The van der Waals surface area contributed by atoms with E-state index in [0.29, 0.717) is 12.3 Å². The van der Waals surface area contributed by atoms with Crippen molar-refractivity contribution in [3.05, 3.63) is 83.3 Å². The second-order valence-electron chi connectivity index (χ2n) is 12.0. The van der Waals surface area contributed by atoms with Gasteiger partial charge in [-0.25, -0.2) is 4.39 Å². The molecule has 43 heavy (non-hydrogen) atoms. The largest absolute Gasteiger partial charge is 0.480 e. The van der Waals surface area contributed by atoms with Crippen LogP contribution in [0.15, 0.2) is 59.1 Å². The van der Waals surface area contributed by atoms with Crippen LogP contribution in [-0.4, -0.2) is 69.8 Å². The van der Waals surface area contributed by atoms with E-state index in [2.05, 4.69) is 22.2 Å². The highest BCUT2D eigenvalue weighted by atomic mass is 35.5. The van der Waals surface area contributed by atoms with Crippen LogP contribution in [0.3, 0.4) is 0 Å². The summed E-state index contributed by atoms with van der Waals surface area (Å²) in [6, 6.07) is 16.7. The third-order valence-corrected chi connectivity index (χ3v) is 8.96. The molecular formula is C32H44Cl3FN4O3. The van der Waals surface area contributed by atoms with Crippen molar-refractivity contribution in [1.29, 1.82) is 0 Å². The van der Waals surface area contributed by atoms with E-state index in [9.17, 15) is 14.3 Å². The summed E-state index contributed by atoms with van der Waals surface area (Å²) in [7, 11) is 1.94. The molecule has 1 N–H and O–H groups in total. The average Bonchev–Trinajstić information content (AvgIpc) is 3.57. The summed E-state index contributed by atoms with van der Waals surface area (Å²) in [4.78, 5) is 21.3. The molecule has 0 spiro atoms. The summed E-state index contributed by atoms with van der Waals surface area (Å²) in [5.74, 6) is 1.25. The first kappa shape index (κ1) is 37.0. The number of halogens is 4. The standard InChI is InChI=1S/C32H41FN4O3.3ClH/c1-21(2)30(32(38)39)36(3)27-18-25(28(19-27)24-10-7-11-26(33)17-24)20-37-14-12-23(13-15-37)31-34-29(35-40-31)16-22-8-5-4-6-9-22;;;/h4-11,17,21,23,25,27-28,30H,12-16,18-20H2,1-3H3,(H,38,39);3*1H/t25?,27?,28?,30-;;;/m1.../s1. The predicted octanol–water partition coefficient (Wildman–Crippen LogP) is 6.85. The fourth-order valence-corrected chi connectivity index (χ4v) is 6.91. The van der Waals surface area contributed by atoms with Crippen molar-refractivity contribution in [3.63, 3.8) is 0 Å². The SMILES string of the molecule is CC(C)[C@H](C(=O)O)N(C)C1CC(CN2CCC(c3nc(Cc4ccccc4)no3)CC2)C(c2cccc(F)c2)C1.Cl.Cl.Cl. The van der Waals surface area contributed by atoms with E-state index in [4.69, 9.17) is 9.51 Å². The molecule has 5 rings (SSSR count). The van der Waals surface area contributed by atoms with Gasteiger partial charge in [0.1, 0.15) is 11.9 Å². The second-order valence-corrected chi connectivity index (χ2v) is 12.0. The summed E-state index contributed by atoms with van der Waals surface area (Å²) in [6.45, 7) is 6.73. The molecular weight excluding hydrogens is 614 g/mol. The van der Waals surface area contributed by atoms with Crippen molar-refractivity contribution in [1.82, 2.24) is 19.9 Å². The van der Waals surface area contributed by atoms with E-state index in [1.165, 1.54) is 11.6 Å². The third-order valence-electron chi connectivity index (χ3n) is 8.96. The fraction of sp³-hybridized carbons (Fsp3) is 0.531. The second kappa shape index (κ2) is 16.7. The van der Waals surface area contributed by atoms with Gasteiger partial charge in [0.2, 0.25) is 5.89 Å². The molecule has 4 atom stereocenters. The molecule has 0 bridgehead atoms. The Morgan fingerprint density at radius 2 is 1.77 bits per heavy atom. The van der Waals surface area contributed by atoms with Crippen molar-refractivity contribution < 1.29 is 18.8 Å². The molecule has 2 aromatic carbocycles. The van der Waals surface area contributed by atoms with E-state index < -0.39 is 12.0 Å². The average molecular weight is 658 g/mol. The van der Waals surface area contributed by atoms with Crippen molar-refractivity contribution in [3.8, 4) is 0 Å². The summed E-state index contributed by atoms with van der Waals surface area (Å²) in [6.07, 6.45) is 4.33. The van der Waals surface area contributed by atoms with Gasteiger partial charge in [-0.2, -0.15) is 4.98 Å². The zero-order chi connectivity index (χ0) is 28.2. The van der Waals surface area contributed by atoms with Gasteiger partial charge in [0, 0.05) is 24.9 Å². The molecule has 1 aliphatic carbocycles. The monoisotopic (exact) mass is 656 g/mol. The number of nitrogens with zero attached hydrogens (tertiary/aromatic N) is 4. The summed E-state index contributed by atoms with van der Waals surface area (Å²) < 4.78 is 19.9. The zero-order valence-electron chi connectivity index (χ0n) is 25.0. The van der Waals surface area contributed by atoms with Crippen LogP contribution in [-0.2, 0) is 11.2 Å². The minimum Gasteiger partial charge on any atom is -0.480 e. The lowest BCUT2D eigenvalue weighted by Gasteiger charge is -2.34. The number of hydrogen-bond donors (Lipinski definition) is 1. The Kier molecular flexibility index (Phi) is 14.4. The maximum absolute atomic E-state index is 14.2. The lowest BCUT2D eigenvalue weighted by atomic mass is 9.87. The van der Waals surface area contributed by atoms with Gasteiger partial charge in [-0.05, 0) is 86.8 Å². The molecule has 1 aliphatic heterocycles. The number of likely N-dealkylation sites (tertiary alicyclic amines) is 1. The van der Waals surface area contributed by atoms with Gasteiger partial charge in [-0.3, -0.25) is 9.69 Å². The van der Waals surface area contributed by atoms with E-state index in [-0.39, 0.29) is 66.8 Å². The van der Waals surface area contributed by atoms with E-state index in [1.54, 1.807) is 12.1 Å². The van der Waals surface area contributed by atoms with Crippen LogP contribution in [0.2, 0.25) is 0 Å². The molecule has 3 unspecified atom stereocenters. The normalized spacial score (nSPS) is 21.6. The fourth-order valence-electron chi connectivity index (χ4n) is 6.91. The van der Waals surface area contributed by atoms with E-state index in [0.717, 1.165) is 62.6 Å². The van der Waals surface area contributed by atoms with Crippen LogP contribution in [0.5, 0.6) is 0 Å². The third kappa shape index (κ3) is 9.14. The molecule has 7 nitrogen and oxygen atoms in total. The molecule has 0 radical (unpaired) electrons. The van der Waals surface area contributed by atoms with Crippen LogP contribution in [0.1, 0.15) is 74.2 Å². The summed E-state index contributed by atoms with van der Waals surface area (Å²) >= 11 is 0. The zero-order valence-corrected chi connectivity index (χ0v) is 27.4. The first-order chi connectivity index (χ1) is 19.3. The number of rotatable bonds is 10. The number of benzene rings is 2. The Morgan fingerprint density at radius 1 is 1.07 bits per heavy atom. The molecule has 1 saturated heterocycles. The first-order valence-electron chi connectivity index (χ1n) is 14.6. The topological polar surface area (TPSA) is 82.7 Å². The molecule has 0 amide bonds. The maximum Gasteiger partial charge on any atom is 0.321 e. The first-order valence-corrected chi connectivity index (χ1v) is 14.6. The van der Waals surface area contributed by atoms with Gasteiger partial charge < -0.3 is 14.5 Å². The Hall–Kier alpha value is -2.23. The van der Waals surface area contributed by atoms with Crippen molar-refractivity contribution >= 4 is 43.2 Å². The molecule has 2 aliphatic rings. The van der Waals surface area contributed by atoms with Crippen LogP contribution in [0.4, 0.5) is 4.39 Å². The number of likely N-dealkylation sites (N-methyl/N-ethyl adjacent to an activating group) is 1. The number of carboxylic acids is 1. The van der Waals surface area contributed by atoms with Crippen molar-refractivity contribution in [2.45, 2.75) is 69.9 Å². The highest BCUT2D eigenvalue weighted by Gasteiger charge is 2.42. The van der Waals surface area contributed by atoms with Gasteiger partial charge in [0.15, 0.2) is 5.82 Å². The van der Waals surface area contributed by atoms with E-state index >= 15 is 0 Å². The number of hydrogen-bond acceptors (Lipinski definition) is 6. The van der Waals surface area contributed by atoms with Crippen molar-refractivity contribution in [2.24, 2.45) is 11.8 Å². The summed E-state index contributed by atoms with van der Waals surface area (Å²) in [5, 5.41) is 14.1. The van der Waals surface area contributed by atoms with Gasteiger partial charge in [0.05, 0.1) is 0 Å². The highest BCUT2D eigenvalue weighted by molar-refractivity contribution is 5.86. The Bertz CT molecular complexity index is 1270. The number of piperidine rings is 1. The number of carbonyl (C=O) groups is 1. The Balaban J connectivity index is 0.00000215. The van der Waals surface area contributed by atoms with Gasteiger partial charge >= 0.3 is 5.97 Å². The number of carboxylic acid groups (broad SMARTS) is 1. The minimum absolute atomic E-state index is 0. The van der Waals surface area contributed by atoms with Crippen molar-refractivity contribution in [2.75, 3.05) is 26.7 Å². The maximum atomic E-state index is 14.2. The van der Waals surface area contributed by atoms with Crippen LogP contribution >= 0.6 is 37.2 Å². The lowest BCUT2D eigenvalue weighted by Crippen LogP contribution is -2.47. The summed E-state index contributed by atoms with van der Waals surface area (Å²) in [5.41, 5.74) is 2.19. The quantitative estimate of drug-likeness (QED) is 0.255. The smallest absolute Gasteiger partial charge is 0.321 e. The Morgan fingerprint density at radius 3 is 2.40 bits per heavy atom. The Labute approximate surface area is 272 Å². The van der Waals surface area contributed by atoms with Crippen LogP contribution in [0.25, 0.3) is 0 Å². The molecule has 11 heteroatoms. The molecule has 2 heterocycles. The number of aromatic nitrogens is 2. The van der Waals surface area contributed by atoms with Crippen LogP contribution < -0.4 is 0 Å². The number of aliphatic carboxylic acids is 1. The molecule has 238 valence electrons. The van der Waals surface area contributed by atoms with Crippen LogP contribution in [0, 0.1) is 17.7 Å². The van der Waals surface area contributed by atoms with Gasteiger partial charge in [0.25, 0.3) is 0 Å². The predicted molar refractivity (Wildman–Crippen MR) is 173 cm³/mol.